The molecule has 242 valence electrons. The minimum Gasteiger partial charge on any atom is -0.340 e. The van der Waals surface area contributed by atoms with E-state index in [0.717, 1.165) is 137 Å². The van der Waals surface area contributed by atoms with Crippen LogP contribution in [0.15, 0.2) is 70.3 Å². The normalized spacial score (nSPS) is 16.7. The molecule has 2 saturated heterocycles. The largest absolute Gasteiger partial charge is 0.340 e. The van der Waals surface area contributed by atoms with Gasteiger partial charge in [-0.05, 0) is 75.2 Å². The number of hydrogen-bond acceptors (Lipinski definition) is 6. The summed E-state index contributed by atoms with van der Waals surface area (Å²) in [5.41, 5.74) is 3.73. The van der Waals surface area contributed by atoms with Crippen LogP contribution in [0.25, 0.3) is 43.6 Å². The molecule has 8 nitrogen and oxygen atoms in total. The maximum atomic E-state index is 14.0. The highest BCUT2D eigenvalue weighted by Crippen LogP contribution is 2.27. The highest BCUT2D eigenvalue weighted by atomic mass is 16.1. The van der Waals surface area contributed by atoms with Gasteiger partial charge in [0.1, 0.15) is 0 Å². The summed E-state index contributed by atoms with van der Waals surface area (Å²) < 4.78 is 4.59. The number of hydrogen-bond donors (Lipinski definition) is 2. The third-order valence-corrected chi connectivity index (χ3v) is 10.2. The van der Waals surface area contributed by atoms with E-state index in [4.69, 9.17) is 0 Å². The van der Waals surface area contributed by atoms with Gasteiger partial charge in [-0.3, -0.25) is 9.59 Å². The van der Waals surface area contributed by atoms with E-state index < -0.39 is 0 Å². The molecule has 46 heavy (non-hydrogen) atoms. The maximum absolute atomic E-state index is 14.0. The van der Waals surface area contributed by atoms with Crippen molar-refractivity contribution in [3.63, 3.8) is 0 Å². The Bertz CT molecular complexity index is 1790. The van der Waals surface area contributed by atoms with Gasteiger partial charge in [0.15, 0.2) is 10.9 Å². The highest BCUT2D eigenvalue weighted by molar-refractivity contribution is 6.03. The Morgan fingerprint density at radius 2 is 0.848 bits per heavy atom. The zero-order chi connectivity index (χ0) is 31.3. The first-order valence-electron chi connectivity index (χ1n) is 17.6. The van der Waals surface area contributed by atoms with Gasteiger partial charge in [-0.25, -0.2) is 0 Å². The first-order valence-corrected chi connectivity index (χ1v) is 17.6. The van der Waals surface area contributed by atoms with Crippen LogP contribution in [0.1, 0.15) is 38.5 Å². The Morgan fingerprint density at radius 3 is 1.28 bits per heavy atom. The van der Waals surface area contributed by atoms with Crippen LogP contribution >= 0.6 is 0 Å². The first kappa shape index (κ1) is 31.1. The molecule has 0 amide bonds. The fourth-order valence-corrected chi connectivity index (χ4v) is 7.65. The summed E-state index contributed by atoms with van der Waals surface area (Å²) in [5.74, 6) is 0. The molecule has 0 atom stereocenters. The van der Waals surface area contributed by atoms with E-state index in [1.54, 1.807) is 0 Å². The number of piperazine rings is 2. The lowest BCUT2D eigenvalue weighted by Crippen LogP contribution is -2.43. The molecule has 2 fully saturated rings. The lowest BCUT2D eigenvalue weighted by atomic mass is 10.0. The van der Waals surface area contributed by atoms with Crippen molar-refractivity contribution in [2.24, 2.45) is 0 Å². The number of unbranched alkanes of at least 4 members (excludes halogenated alkanes) is 4. The molecule has 0 radical (unpaired) electrons. The molecule has 4 heterocycles. The number of benzene rings is 3. The molecule has 2 aliphatic heterocycles. The number of para-hydroxylation sites is 2. The molecular weight excluding hydrogens is 572 g/mol. The molecule has 0 bridgehead atoms. The fourth-order valence-electron chi connectivity index (χ4n) is 7.65. The van der Waals surface area contributed by atoms with Crippen LogP contribution in [0.4, 0.5) is 0 Å². The average molecular weight is 621 g/mol. The molecule has 2 aliphatic rings. The second-order valence-electron chi connectivity index (χ2n) is 13.2. The summed E-state index contributed by atoms with van der Waals surface area (Å²) in [5, 5.41) is 9.77. The van der Waals surface area contributed by atoms with Gasteiger partial charge >= 0.3 is 0 Å². The SMILES string of the molecule is O=c1c2ccccc2n(CCCCCN2CCNCC2)c2cc3c(=O)c4ccccc4n(CCCCCN4CCNCC4)c3cc12. The van der Waals surface area contributed by atoms with Crippen molar-refractivity contribution >= 4 is 43.6 Å². The van der Waals surface area contributed by atoms with Crippen molar-refractivity contribution in [1.29, 1.82) is 0 Å². The monoisotopic (exact) mass is 620 g/mol. The zero-order valence-corrected chi connectivity index (χ0v) is 27.1. The first-order chi connectivity index (χ1) is 22.7. The highest BCUT2D eigenvalue weighted by Gasteiger charge is 2.17. The molecular formula is C38H48N6O2. The van der Waals surface area contributed by atoms with Crippen molar-refractivity contribution in [2.45, 2.75) is 51.6 Å². The fraction of sp³-hybridized carbons (Fsp3) is 0.474. The summed E-state index contributed by atoms with van der Waals surface area (Å²) >= 11 is 0. The summed E-state index contributed by atoms with van der Waals surface area (Å²) in [6, 6.07) is 20.0. The van der Waals surface area contributed by atoms with Gasteiger partial charge in [-0.1, -0.05) is 37.1 Å². The van der Waals surface area contributed by atoms with E-state index in [-0.39, 0.29) is 10.9 Å². The van der Waals surface area contributed by atoms with Gasteiger partial charge in [0.2, 0.25) is 0 Å². The number of rotatable bonds is 12. The summed E-state index contributed by atoms with van der Waals surface area (Å²) in [7, 11) is 0. The molecule has 2 aromatic heterocycles. The van der Waals surface area contributed by atoms with E-state index in [2.05, 4.69) is 41.7 Å². The van der Waals surface area contributed by atoms with Crippen LogP contribution in [-0.4, -0.2) is 84.4 Å². The Balaban J connectivity index is 1.22. The summed E-state index contributed by atoms with van der Waals surface area (Å²) in [6.45, 7) is 12.8. The van der Waals surface area contributed by atoms with Gasteiger partial charge in [-0.15, -0.1) is 0 Å². The van der Waals surface area contributed by atoms with E-state index in [9.17, 15) is 9.59 Å². The van der Waals surface area contributed by atoms with Crippen LogP contribution in [-0.2, 0) is 13.1 Å². The van der Waals surface area contributed by atoms with Crippen molar-refractivity contribution in [1.82, 2.24) is 29.6 Å². The Hall–Kier alpha value is -3.56. The van der Waals surface area contributed by atoms with E-state index in [1.807, 2.05) is 48.5 Å². The quantitative estimate of drug-likeness (QED) is 0.155. The molecule has 0 aliphatic carbocycles. The zero-order valence-electron chi connectivity index (χ0n) is 27.1. The number of aromatic nitrogens is 2. The van der Waals surface area contributed by atoms with Crippen LogP contribution in [0.3, 0.4) is 0 Å². The van der Waals surface area contributed by atoms with Crippen LogP contribution in [0.2, 0.25) is 0 Å². The second-order valence-corrected chi connectivity index (χ2v) is 13.2. The van der Waals surface area contributed by atoms with Gasteiger partial charge < -0.3 is 29.6 Å². The van der Waals surface area contributed by atoms with Gasteiger partial charge in [-0.2, -0.15) is 0 Å². The van der Waals surface area contributed by atoms with E-state index in [1.165, 1.54) is 12.8 Å². The minimum absolute atomic E-state index is 0.0469. The number of aryl methyl sites for hydroxylation is 2. The molecule has 0 saturated carbocycles. The average Bonchev–Trinajstić information content (AvgIpc) is 3.11. The lowest BCUT2D eigenvalue weighted by molar-refractivity contribution is 0.236. The molecule has 3 aromatic carbocycles. The Kier molecular flexibility index (Phi) is 9.77. The summed E-state index contributed by atoms with van der Waals surface area (Å²) in [6.07, 6.45) is 6.66. The summed E-state index contributed by atoms with van der Waals surface area (Å²) in [4.78, 5) is 33.1. The van der Waals surface area contributed by atoms with E-state index >= 15 is 0 Å². The molecule has 0 spiro atoms. The molecule has 2 N–H and O–H groups in total. The third kappa shape index (κ3) is 6.49. The lowest BCUT2D eigenvalue weighted by Gasteiger charge is -2.27. The van der Waals surface area contributed by atoms with Gasteiger partial charge in [0.25, 0.3) is 0 Å². The predicted octanol–water partition coefficient (Wildman–Crippen LogP) is 4.77. The smallest absolute Gasteiger partial charge is 0.197 e. The third-order valence-electron chi connectivity index (χ3n) is 10.2. The maximum Gasteiger partial charge on any atom is 0.197 e. The second kappa shape index (κ2) is 14.5. The number of fused-ring (bicyclic) bond motifs is 4. The molecule has 5 aromatic rings. The van der Waals surface area contributed by atoms with E-state index in [0.29, 0.717) is 10.8 Å². The standard InChI is InChI=1S/C38H48N6O2/c45-37-29-11-3-5-13-33(29)43(21-9-1-7-19-41-23-15-39-16-24-41)35-27-32-36(28-31(35)37)44(34-14-6-4-12-30(34)38(32)46)22-10-2-8-20-42-25-17-40-18-26-42/h3-6,11-14,27-28,39-40H,1-2,7-10,15-26H2. The van der Waals surface area contributed by atoms with Crippen LogP contribution in [0, 0.1) is 0 Å². The predicted molar refractivity (Wildman–Crippen MR) is 191 cm³/mol. The molecule has 7 rings (SSSR count). The number of pyridine rings is 2. The molecule has 8 heteroatoms. The number of nitrogens with one attached hydrogen (secondary N) is 2. The Morgan fingerprint density at radius 1 is 0.457 bits per heavy atom. The molecule has 0 unspecified atom stereocenters. The van der Waals surface area contributed by atoms with Crippen molar-refractivity contribution in [3.8, 4) is 0 Å². The topological polar surface area (TPSA) is 74.5 Å². The van der Waals surface area contributed by atoms with Crippen LogP contribution in [0.5, 0.6) is 0 Å². The minimum atomic E-state index is 0.0469. The van der Waals surface area contributed by atoms with Crippen molar-refractivity contribution in [3.05, 3.63) is 81.1 Å². The Labute approximate surface area is 271 Å². The van der Waals surface area contributed by atoms with Gasteiger partial charge in [0, 0.05) is 87.0 Å². The van der Waals surface area contributed by atoms with Crippen LogP contribution < -0.4 is 21.5 Å². The number of nitrogens with zero attached hydrogens (tertiary/aromatic N) is 4. The van der Waals surface area contributed by atoms with Crippen molar-refractivity contribution < 1.29 is 0 Å². The van der Waals surface area contributed by atoms with Crippen molar-refractivity contribution in [2.75, 3.05) is 65.4 Å². The van der Waals surface area contributed by atoms with Gasteiger partial charge in [0.05, 0.1) is 22.1 Å².